The van der Waals surface area contributed by atoms with Crippen molar-refractivity contribution in [2.24, 2.45) is 5.92 Å². The summed E-state index contributed by atoms with van der Waals surface area (Å²) in [5.41, 5.74) is 2.49. The van der Waals surface area contributed by atoms with E-state index in [1.54, 1.807) is 0 Å². The van der Waals surface area contributed by atoms with E-state index in [1.165, 1.54) is 24.0 Å². The molecule has 0 aliphatic heterocycles. The fourth-order valence-corrected chi connectivity index (χ4v) is 2.10. The minimum atomic E-state index is 0.493. The second kappa shape index (κ2) is 8.21. The Morgan fingerprint density at radius 3 is 2.42 bits per heavy atom. The monoisotopic (exact) mass is 263 g/mol. The molecule has 0 heterocycles. The zero-order valence-corrected chi connectivity index (χ0v) is 13.1. The minimum Gasteiger partial charge on any atom is -0.493 e. The normalized spacial score (nSPS) is 11.3. The molecule has 2 heteroatoms. The van der Waals surface area contributed by atoms with Gasteiger partial charge in [0, 0.05) is 18.2 Å². The van der Waals surface area contributed by atoms with Gasteiger partial charge in [-0.1, -0.05) is 58.7 Å². The van der Waals surface area contributed by atoms with Crippen LogP contribution in [-0.2, 0) is 6.54 Å². The van der Waals surface area contributed by atoms with Crippen molar-refractivity contribution in [3.8, 4) is 5.75 Å². The molecule has 0 saturated carbocycles. The van der Waals surface area contributed by atoms with Crippen LogP contribution in [-0.4, -0.2) is 12.6 Å². The average molecular weight is 263 g/mol. The lowest BCUT2D eigenvalue weighted by molar-refractivity contribution is 0.237. The van der Waals surface area contributed by atoms with E-state index in [1.807, 2.05) is 0 Å². The fourth-order valence-electron chi connectivity index (χ4n) is 2.10. The van der Waals surface area contributed by atoms with Crippen molar-refractivity contribution >= 4 is 0 Å². The number of nitrogens with one attached hydrogen (secondary N) is 1. The summed E-state index contributed by atoms with van der Waals surface area (Å²) in [5.74, 6) is 1.73. The van der Waals surface area contributed by atoms with Crippen molar-refractivity contribution in [1.29, 1.82) is 0 Å². The summed E-state index contributed by atoms with van der Waals surface area (Å²) in [5, 5.41) is 3.46. The molecule has 19 heavy (non-hydrogen) atoms. The van der Waals surface area contributed by atoms with E-state index < -0.39 is 0 Å². The summed E-state index contributed by atoms with van der Waals surface area (Å²) in [7, 11) is 0. The summed E-state index contributed by atoms with van der Waals surface area (Å²) >= 11 is 0. The smallest absolute Gasteiger partial charge is 0.126 e. The Kier molecular flexibility index (Phi) is 6.93. The highest BCUT2D eigenvalue weighted by atomic mass is 16.5. The molecule has 0 unspecified atom stereocenters. The minimum absolute atomic E-state index is 0.493. The van der Waals surface area contributed by atoms with Crippen molar-refractivity contribution in [2.75, 3.05) is 6.61 Å². The molecule has 0 aromatic heterocycles. The first-order chi connectivity index (χ1) is 9.08. The molecule has 2 nitrogen and oxygen atoms in total. The van der Waals surface area contributed by atoms with Gasteiger partial charge in [-0.15, -0.1) is 0 Å². The molecular formula is C17H29NO. The predicted molar refractivity (Wildman–Crippen MR) is 82.7 cm³/mol. The highest BCUT2D eigenvalue weighted by Gasteiger charge is 2.10. The van der Waals surface area contributed by atoms with Crippen LogP contribution in [0.2, 0.25) is 0 Å². The van der Waals surface area contributed by atoms with Crippen molar-refractivity contribution in [3.63, 3.8) is 0 Å². The third-order valence-corrected chi connectivity index (χ3v) is 3.61. The summed E-state index contributed by atoms with van der Waals surface area (Å²) in [6.45, 7) is 12.6. The van der Waals surface area contributed by atoms with E-state index in [0.717, 1.165) is 18.9 Å². The number of hydrogen-bond acceptors (Lipinski definition) is 2. The standard InChI is InChI=1S/C17H29NO/c1-6-15(7-2)12-19-17-14(5)9-8-10-16(17)11-18-13(3)4/h8-10,13,15,18H,6-7,11-12H2,1-5H3. The Balaban J connectivity index is 2.73. The topological polar surface area (TPSA) is 21.3 Å². The lowest BCUT2D eigenvalue weighted by Gasteiger charge is -2.19. The van der Waals surface area contributed by atoms with E-state index in [-0.39, 0.29) is 0 Å². The van der Waals surface area contributed by atoms with Crippen molar-refractivity contribution in [2.45, 2.75) is 60.0 Å². The largest absolute Gasteiger partial charge is 0.493 e. The highest BCUT2D eigenvalue weighted by Crippen LogP contribution is 2.24. The molecule has 0 bridgehead atoms. The molecule has 0 fully saturated rings. The second-order valence-electron chi connectivity index (χ2n) is 5.59. The zero-order valence-electron chi connectivity index (χ0n) is 13.1. The Labute approximate surface area is 118 Å². The van der Waals surface area contributed by atoms with Gasteiger partial charge in [-0.25, -0.2) is 0 Å². The summed E-state index contributed by atoms with van der Waals surface area (Å²) in [6.07, 6.45) is 2.36. The third-order valence-electron chi connectivity index (χ3n) is 3.61. The van der Waals surface area contributed by atoms with Gasteiger partial charge >= 0.3 is 0 Å². The van der Waals surface area contributed by atoms with Crippen LogP contribution in [0.15, 0.2) is 18.2 Å². The number of hydrogen-bond donors (Lipinski definition) is 1. The molecule has 0 saturated heterocycles. The van der Waals surface area contributed by atoms with Crippen LogP contribution in [0.25, 0.3) is 0 Å². The van der Waals surface area contributed by atoms with E-state index in [2.05, 4.69) is 58.1 Å². The molecule has 1 N–H and O–H groups in total. The molecule has 1 aromatic rings. The number of para-hydroxylation sites is 1. The van der Waals surface area contributed by atoms with E-state index in [9.17, 15) is 0 Å². The van der Waals surface area contributed by atoms with Crippen LogP contribution < -0.4 is 10.1 Å². The Morgan fingerprint density at radius 1 is 1.16 bits per heavy atom. The molecule has 0 atom stereocenters. The van der Waals surface area contributed by atoms with Gasteiger partial charge in [-0.05, 0) is 18.4 Å². The van der Waals surface area contributed by atoms with Gasteiger partial charge in [0.2, 0.25) is 0 Å². The third kappa shape index (κ3) is 5.23. The van der Waals surface area contributed by atoms with Crippen molar-refractivity contribution < 1.29 is 4.74 Å². The van der Waals surface area contributed by atoms with E-state index >= 15 is 0 Å². The fraction of sp³-hybridized carbons (Fsp3) is 0.647. The first-order valence-electron chi connectivity index (χ1n) is 7.53. The number of rotatable bonds is 8. The maximum Gasteiger partial charge on any atom is 0.126 e. The molecule has 108 valence electrons. The maximum absolute atomic E-state index is 6.10. The summed E-state index contributed by atoms with van der Waals surface area (Å²) in [6, 6.07) is 6.88. The summed E-state index contributed by atoms with van der Waals surface area (Å²) in [4.78, 5) is 0. The van der Waals surface area contributed by atoms with Crippen LogP contribution in [0.4, 0.5) is 0 Å². The van der Waals surface area contributed by atoms with Crippen LogP contribution in [0.3, 0.4) is 0 Å². The molecule has 0 radical (unpaired) electrons. The Bertz CT molecular complexity index is 370. The predicted octanol–water partition coefficient (Wildman–Crippen LogP) is 4.31. The van der Waals surface area contributed by atoms with E-state index in [0.29, 0.717) is 12.0 Å². The number of aryl methyl sites for hydroxylation is 1. The van der Waals surface area contributed by atoms with Crippen LogP contribution in [0.5, 0.6) is 5.75 Å². The van der Waals surface area contributed by atoms with Crippen molar-refractivity contribution in [3.05, 3.63) is 29.3 Å². The lowest BCUT2D eigenvalue weighted by atomic mass is 10.0. The quantitative estimate of drug-likeness (QED) is 0.754. The lowest BCUT2D eigenvalue weighted by Crippen LogP contribution is -2.22. The van der Waals surface area contributed by atoms with Crippen LogP contribution in [0.1, 0.15) is 51.7 Å². The van der Waals surface area contributed by atoms with Gasteiger partial charge < -0.3 is 10.1 Å². The van der Waals surface area contributed by atoms with Crippen LogP contribution >= 0.6 is 0 Å². The summed E-state index contributed by atoms with van der Waals surface area (Å²) < 4.78 is 6.10. The second-order valence-corrected chi connectivity index (χ2v) is 5.59. The van der Waals surface area contributed by atoms with Gasteiger partial charge in [0.25, 0.3) is 0 Å². The molecule has 0 amide bonds. The average Bonchev–Trinajstić information content (AvgIpc) is 2.39. The molecule has 0 aliphatic carbocycles. The molecule has 1 rings (SSSR count). The number of ether oxygens (including phenoxy) is 1. The zero-order chi connectivity index (χ0) is 14.3. The van der Waals surface area contributed by atoms with E-state index in [4.69, 9.17) is 4.74 Å². The van der Waals surface area contributed by atoms with Crippen LogP contribution in [0, 0.1) is 12.8 Å². The highest BCUT2D eigenvalue weighted by molar-refractivity contribution is 5.40. The molecular weight excluding hydrogens is 234 g/mol. The molecule has 0 aliphatic rings. The van der Waals surface area contributed by atoms with Gasteiger partial charge in [-0.3, -0.25) is 0 Å². The van der Waals surface area contributed by atoms with Gasteiger partial charge in [-0.2, -0.15) is 0 Å². The van der Waals surface area contributed by atoms with Crippen molar-refractivity contribution in [1.82, 2.24) is 5.32 Å². The molecule has 0 spiro atoms. The van der Waals surface area contributed by atoms with Gasteiger partial charge in [0.05, 0.1) is 6.61 Å². The first kappa shape index (κ1) is 16.0. The first-order valence-corrected chi connectivity index (χ1v) is 7.53. The Hall–Kier alpha value is -1.02. The van der Waals surface area contributed by atoms with Gasteiger partial charge in [0.15, 0.2) is 0 Å². The molecule has 1 aromatic carbocycles. The number of benzene rings is 1. The SMILES string of the molecule is CCC(CC)COc1c(C)cccc1CNC(C)C. The van der Waals surface area contributed by atoms with Gasteiger partial charge in [0.1, 0.15) is 5.75 Å². The maximum atomic E-state index is 6.10. The Morgan fingerprint density at radius 2 is 1.84 bits per heavy atom.